The minimum atomic E-state index is -1.07. The average Bonchev–Trinajstić information content (AvgIpc) is 2.64. The van der Waals surface area contributed by atoms with Crippen LogP contribution in [0.5, 0.6) is 0 Å². The molecule has 2 aromatic rings. The minimum absolute atomic E-state index is 0.0461. The van der Waals surface area contributed by atoms with Crippen LogP contribution in [-0.2, 0) is 0 Å². The molecule has 132 valence electrons. The van der Waals surface area contributed by atoms with Gasteiger partial charge in [-0.3, -0.25) is 4.90 Å². The van der Waals surface area contributed by atoms with E-state index in [0.29, 0.717) is 12.4 Å². The van der Waals surface area contributed by atoms with Gasteiger partial charge in [0.15, 0.2) is 5.69 Å². The van der Waals surface area contributed by atoms with Crippen molar-refractivity contribution in [1.82, 2.24) is 14.9 Å². The first-order valence-corrected chi connectivity index (χ1v) is 8.71. The number of carboxylic acid groups (broad SMARTS) is 1. The Hall–Kier alpha value is -2.47. The van der Waals surface area contributed by atoms with E-state index in [1.165, 1.54) is 30.8 Å². The Kier molecular flexibility index (Phi) is 5.60. The fraction of sp³-hybridized carbons (Fsp3) is 0.421. The van der Waals surface area contributed by atoms with Crippen LogP contribution in [0.4, 0.5) is 5.82 Å². The molecule has 6 heteroatoms. The molecule has 0 amide bonds. The van der Waals surface area contributed by atoms with Crippen LogP contribution in [0.15, 0.2) is 42.7 Å². The van der Waals surface area contributed by atoms with Crippen LogP contribution in [0.25, 0.3) is 0 Å². The molecule has 1 aliphatic rings. The number of carbonyl (C=O) groups is 1. The Balaban J connectivity index is 1.70. The van der Waals surface area contributed by atoms with Crippen molar-refractivity contribution in [2.24, 2.45) is 5.92 Å². The van der Waals surface area contributed by atoms with Crippen molar-refractivity contribution in [1.29, 1.82) is 0 Å². The Morgan fingerprint density at radius 2 is 1.96 bits per heavy atom. The third-order valence-corrected chi connectivity index (χ3v) is 4.79. The predicted octanol–water partition coefficient (Wildman–Crippen LogP) is 3.06. The number of rotatable bonds is 6. The van der Waals surface area contributed by atoms with Gasteiger partial charge in [0.25, 0.3) is 0 Å². The topological polar surface area (TPSA) is 78.4 Å². The van der Waals surface area contributed by atoms with Crippen LogP contribution < -0.4 is 5.32 Å². The molecule has 1 aromatic carbocycles. The molecular weight excluding hydrogens is 316 g/mol. The van der Waals surface area contributed by atoms with Gasteiger partial charge in [0.2, 0.25) is 0 Å². The number of aromatic nitrogens is 2. The lowest BCUT2D eigenvalue weighted by molar-refractivity contribution is 0.0690. The van der Waals surface area contributed by atoms with Gasteiger partial charge in [-0.25, -0.2) is 14.8 Å². The van der Waals surface area contributed by atoms with Gasteiger partial charge in [-0.05, 0) is 37.4 Å². The third kappa shape index (κ3) is 4.54. The molecule has 0 aliphatic carbocycles. The number of benzene rings is 1. The molecule has 0 spiro atoms. The number of piperidine rings is 1. The van der Waals surface area contributed by atoms with E-state index in [1.54, 1.807) is 0 Å². The molecular formula is C19H24N4O2. The number of likely N-dealkylation sites (tertiary alicyclic amines) is 1. The molecule has 1 aromatic heterocycles. The van der Waals surface area contributed by atoms with Crippen LogP contribution in [-0.4, -0.2) is 45.6 Å². The van der Waals surface area contributed by atoms with E-state index in [-0.39, 0.29) is 11.7 Å². The number of nitrogens with one attached hydrogen (secondary N) is 1. The predicted molar refractivity (Wildman–Crippen MR) is 96.6 cm³/mol. The summed E-state index contributed by atoms with van der Waals surface area (Å²) in [5.74, 6) is 0.315. The van der Waals surface area contributed by atoms with E-state index in [2.05, 4.69) is 51.4 Å². The zero-order valence-electron chi connectivity index (χ0n) is 14.4. The number of hydrogen-bond acceptors (Lipinski definition) is 5. The number of nitrogens with zero attached hydrogens (tertiary/aromatic N) is 3. The van der Waals surface area contributed by atoms with E-state index in [1.807, 2.05) is 6.07 Å². The normalized spacial score (nSPS) is 17.2. The van der Waals surface area contributed by atoms with Crippen molar-refractivity contribution in [2.75, 3.05) is 25.0 Å². The lowest BCUT2D eigenvalue weighted by atomic mass is 9.95. The summed E-state index contributed by atoms with van der Waals surface area (Å²) in [6.07, 6.45) is 5.20. The standard InChI is InChI=1S/C19H24N4O2/c1-14-7-9-23(10-8-14)17(15-5-3-2-4-6-15)12-22-18-13-20-16(11-21-18)19(24)25/h2-6,11,13-14,17H,7-10,12H2,1H3,(H,21,22)(H,24,25). The smallest absolute Gasteiger partial charge is 0.356 e. The van der Waals surface area contributed by atoms with Crippen molar-refractivity contribution in [3.63, 3.8) is 0 Å². The molecule has 0 radical (unpaired) electrons. The number of anilines is 1. The Bertz CT molecular complexity index is 682. The van der Waals surface area contributed by atoms with Crippen molar-refractivity contribution in [2.45, 2.75) is 25.8 Å². The third-order valence-electron chi connectivity index (χ3n) is 4.79. The number of hydrogen-bond donors (Lipinski definition) is 2. The van der Waals surface area contributed by atoms with Gasteiger partial charge in [-0.15, -0.1) is 0 Å². The maximum atomic E-state index is 10.9. The van der Waals surface area contributed by atoms with E-state index >= 15 is 0 Å². The molecule has 2 N–H and O–H groups in total. The second-order valence-electron chi connectivity index (χ2n) is 6.62. The molecule has 1 aliphatic heterocycles. The highest BCUT2D eigenvalue weighted by Gasteiger charge is 2.24. The summed E-state index contributed by atoms with van der Waals surface area (Å²) in [7, 11) is 0. The zero-order valence-corrected chi connectivity index (χ0v) is 14.4. The van der Waals surface area contributed by atoms with Crippen molar-refractivity contribution in [3.8, 4) is 0 Å². The molecule has 0 saturated carbocycles. The van der Waals surface area contributed by atoms with Gasteiger partial charge >= 0.3 is 5.97 Å². The number of carboxylic acids is 1. The van der Waals surface area contributed by atoms with E-state index < -0.39 is 5.97 Å². The highest BCUT2D eigenvalue weighted by Crippen LogP contribution is 2.27. The minimum Gasteiger partial charge on any atom is -0.476 e. The summed E-state index contributed by atoms with van der Waals surface area (Å²) < 4.78 is 0. The van der Waals surface area contributed by atoms with Crippen molar-refractivity contribution in [3.05, 3.63) is 54.0 Å². The Morgan fingerprint density at radius 3 is 2.56 bits per heavy atom. The van der Waals surface area contributed by atoms with Gasteiger partial charge in [0, 0.05) is 6.54 Å². The monoisotopic (exact) mass is 340 g/mol. The SMILES string of the molecule is CC1CCN(C(CNc2cnc(C(=O)O)cn2)c2ccccc2)CC1. The lowest BCUT2D eigenvalue weighted by Gasteiger charge is -2.37. The van der Waals surface area contributed by atoms with Crippen LogP contribution in [0.1, 0.15) is 41.9 Å². The van der Waals surface area contributed by atoms with E-state index in [9.17, 15) is 4.79 Å². The van der Waals surface area contributed by atoms with E-state index in [4.69, 9.17) is 5.11 Å². The van der Waals surface area contributed by atoms with E-state index in [0.717, 1.165) is 19.0 Å². The average molecular weight is 340 g/mol. The zero-order chi connectivity index (χ0) is 17.6. The Morgan fingerprint density at radius 1 is 1.24 bits per heavy atom. The summed E-state index contributed by atoms with van der Waals surface area (Å²) in [6.45, 7) is 5.20. The molecule has 6 nitrogen and oxygen atoms in total. The first-order valence-electron chi connectivity index (χ1n) is 8.71. The summed E-state index contributed by atoms with van der Waals surface area (Å²) >= 11 is 0. The van der Waals surface area contributed by atoms with Gasteiger partial charge in [0.05, 0.1) is 18.4 Å². The molecule has 25 heavy (non-hydrogen) atoms. The quantitative estimate of drug-likeness (QED) is 0.841. The summed E-state index contributed by atoms with van der Waals surface area (Å²) in [4.78, 5) is 21.4. The van der Waals surface area contributed by atoms with Gasteiger partial charge in [0.1, 0.15) is 5.82 Å². The summed E-state index contributed by atoms with van der Waals surface area (Å²) in [6, 6.07) is 10.7. The highest BCUT2D eigenvalue weighted by atomic mass is 16.4. The molecule has 2 heterocycles. The van der Waals surface area contributed by atoms with Gasteiger partial charge in [-0.1, -0.05) is 37.3 Å². The molecule has 1 atom stereocenters. The van der Waals surface area contributed by atoms with Crippen LogP contribution in [0.3, 0.4) is 0 Å². The molecule has 1 fully saturated rings. The fourth-order valence-electron chi connectivity index (χ4n) is 3.20. The van der Waals surface area contributed by atoms with Crippen LogP contribution >= 0.6 is 0 Å². The number of aromatic carboxylic acids is 1. The molecule has 1 unspecified atom stereocenters. The largest absolute Gasteiger partial charge is 0.476 e. The second-order valence-corrected chi connectivity index (χ2v) is 6.62. The first-order chi connectivity index (χ1) is 12.1. The Labute approximate surface area is 147 Å². The lowest BCUT2D eigenvalue weighted by Crippen LogP contribution is -2.39. The maximum Gasteiger partial charge on any atom is 0.356 e. The van der Waals surface area contributed by atoms with Crippen molar-refractivity contribution >= 4 is 11.8 Å². The van der Waals surface area contributed by atoms with Crippen molar-refractivity contribution < 1.29 is 9.90 Å². The maximum absolute atomic E-state index is 10.9. The van der Waals surface area contributed by atoms with Crippen LogP contribution in [0, 0.1) is 5.92 Å². The van der Waals surface area contributed by atoms with Gasteiger partial charge < -0.3 is 10.4 Å². The fourth-order valence-corrected chi connectivity index (χ4v) is 3.20. The summed E-state index contributed by atoms with van der Waals surface area (Å²) in [5.41, 5.74) is 1.23. The highest BCUT2D eigenvalue weighted by molar-refractivity contribution is 5.84. The molecule has 0 bridgehead atoms. The van der Waals surface area contributed by atoms with Gasteiger partial charge in [-0.2, -0.15) is 0 Å². The first kappa shape index (κ1) is 17.4. The summed E-state index contributed by atoms with van der Waals surface area (Å²) in [5, 5.41) is 12.2. The van der Waals surface area contributed by atoms with Crippen LogP contribution in [0.2, 0.25) is 0 Å². The second kappa shape index (κ2) is 8.07. The molecule has 1 saturated heterocycles. The molecule has 3 rings (SSSR count).